The standard InChI is InChI=1S/C19H16FN3O.BrH/c20-15-6-7-19-17(13-15)18(12-14-4-2-1-3-5-14)23(24-19)22-16-8-10-21-11-9-16;/h1-11,13,18H,12H2,(H,21,22);1H. The highest BCUT2D eigenvalue weighted by atomic mass is 79.9. The van der Waals surface area contributed by atoms with Crippen LogP contribution in [0, 0.1) is 5.82 Å². The number of benzene rings is 2. The van der Waals surface area contributed by atoms with Crippen molar-refractivity contribution in [1.29, 1.82) is 0 Å². The first-order valence-electron chi connectivity index (χ1n) is 7.78. The molecule has 0 saturated carbocycles. The fourth-order valence-electron chi connectivity index (χ4n) is 2.82. The second-order valence-corrected chi connectivity index (χ2v) is 5.64. The van der Waals surface area contributed by atoms with E-state index in [2.05, 4.69) is 10.1 Å². The molecular weight excluding hydrogens is 385 g/mol. The van der Waals surface area contributed by atoms with Gasteiger partial charge in [-0.15, -0.1) is 27.3 Å². The molecule has 1 atom stereocenters. The van der Waals surface area contributed by atoms with Gasteiger partial charge in [-0.25, -0.2) is 4.39 Å². The largest absolute Gasteiger partial charge is 0.367 e. The lowest BCUT2D eigenvalue weighted by Crippen LogP contribution is -2.25. The van der Waals surface area contributed by atoms with Crippen LogP contribution in [0.4, 0.5) is 4.39 Å². The number of hydrogen-bond acceptors (Lipinski definition) is 3. The average Bonchev–Trinajstić information content (AvgIpc) is 2.94. The Morgan fingerprint density at radius 1 is 1.04 bits per heavy atom. The summed E-state index contributed by atoms with van der Waals surface area (Å²) in [5.74, 6) is 0.371. The Balaban J connectivity index is 0.00000182. The molecule has 128 valence electrons. The number of nitrogens with zero attached hydrogens (tertiary/aromatic N) is 2. The Labute approximate surface area is 155 Å². The van der Waals surface area contributed by atoms with Crippen LogP contribution in [-0.2, 0) is 6.42 Å². The molecule has 4 nitrogen and oxygen atoms in total. The molecule has 0 radical (unpaired) electrons. The fourth-order valence-corrected chi connectivity index (χ4v) is 2.82. The zero-order chi connectivity index (χ0) is 16.4. The molecule has 0 bridgehead atoms. The van der Waals surface area contributed by atoms with Gasteiger partial charge in [-0.3, -0.25) is 0 Å². The first-order valence-corrected chi connectivity index (χ1v) is 7.78. The number of aromatic amines is 1. The van der Waals surface area contributed by atoms with Gasteiger partial charge >= 0.3 is 0 Å². The maximum atomic E-state index is 13.7. The molecule has 2 heterocycles. The zero-order valence-corrected chi connectivity index (χ0v) is 15.0. The van der Waals surface area contributed by atoms with Crippen molar-refractivity contribution in [2.24, 2.45) is 5.10 Å². The summed E-state index contributed by atoms with van der Waals surface area (Å²) in [5, 5.41) is 6.87. The van der Waals surface area contributed by atoms with Gasteiger partial charge in [0.25, 0.3) is 0 Å². The highest BCUT2D eigenvalue weighted by Gasteiger charge is 2.32. The van der Waals surface area contributed by atoms with Crippen LogP contribution in [0.1, 0.15) is 17.2 Å². The van der Waals surface area contributed by atoms with E-state index in [1.54, 1.807) is 23.6 Å². The molecule has 1 aliphatic heterocycles. The number of H-pyrrole nitrogens is 1. The van der Waals surface area contributed by atoms with Crippen molar-refractivity contribution in [2.45, 2.75) is 12.5 Å². The van der Waals surface area contributed by atoms with Crippen molar-refractivity contribution in [2.75, 3.05) is 0 Å². The number of pyridine rings is 1. The smallest absolute Gasteiger partial charge is 0.163 e. The lowest BCUT2D eigenvalue weighted by molar-refractivity contribution is -0.0740. The maximum Gasteiger partial charge on any atom is 0.163 e. The van der Waals surface area contributed by atoms with E-state index in [0.29, 0.717) is 12.2 Å². The van der Waals surface area contributed by atoms with Crippen molar-refractivity contribution in [3.8, 4) is 5.75 Å². The minimum absolute atomic E-state index is 0. The lowest BCUT2D eigenvalue weighted by atomic mass is 9.99. The lowest BCUT2D eigenvalue weighted by Gasteiger charge is -2.19. The number of rotatable bonds is 3. The summed E-state index contributed by atoms with van der Waals surface area (Å²) < 4.78 is 13.7. The quantitative estimate of drug-likeness (QED) is 0.716. The first kappa shape index (κ1) is 17.2. The van der Waals surface area contributed by atoms with E-state index >= 15 is 0 Å². The van der Waals surface area contributed by atoms with Gasteiger partial charge in [0.2, 0.25) is 0 Å². The summed E-state index contributed by atoms with van der Waals surface area (Å²) in [5.41, 5.74) is 1.95. The summed E-state index contributed by atoms with van der Waals surface area (Å²) in [4.78, 5) is 8.80. The third-order valence-electron chi connectivity index (χ3n) is 3.98. The van der Waals surface area contributed by atoms with Gasteiger partial charge in [-0.05, 0) is 35.9 Å². The number of fused-ring (bicyclic) bond motifs is 1. The van der Waals surface area contributed by atoms with Crippen molar-refractivity contribution in [1.82, 2.24) is 10.2 Å². The fraction of sp³-hybridized carbons (Fsp3) is 0.105. The Kier molecular flexibility index (Phi) is 5.19. The normalized spacial score (nSPS) is 15.1. The molecule has 0 fully saturated rings. The zero-order valence-electron chi connectivity index (χ0n) is 13.3. The van der Waals surface area contributed by atoms with E-state index in [9.17, 15) is 4.39 Å². The Morgan fingerprint density at radius 3 is 2.56 bits per heavy atom. The summed E-state index contributed by atoms with van der Waals surface area (Å²) in [7, 11) is 0. The number of hydroxylamine groups is 1. The average molecular weight is 402 g/mol. The molecule has 1 unspecified atom stereocenters. The topological polar surface area (TPSA) is 40.6 Å². The SMILES string of the molecule is Br.Fc1ccc2c(c1)C(Cc1ccccc1)N(N=c1cc[nH]cc1)O2. The molecule has 0 aliphatic carbocycles. The molecule has 4 rings (SSSR count). The second-order valence-electron chi connectivity index (χ2n) is 5.64. The Morgan fingerprint density at radius 2 is 1.80 bits per heavy atom. The monoisotopic (exact) mass is 401 g/mol. The van der Waals surface area contributed by atoms with Gasteiger partial charge in [-0.1, -0.05) is 30.3 Å². The number of aromatic nitrogens is 1. The number of nitrogens with one attached hydrogen (secondary N) is 1. The predicted molar refractivity (Wildman–Crippen MR) is 98.4 cm³/mol. The van der Waals surface area contributed by atoms with Crippen molar-refractivity contribution in [3.63, 3.8) is 0 Å². The molecular formula is C19H17BrFN3O. The predicted octanol–water partition coefficient (Wildman–Crippen LogP) is 4.14. The van der Waals surface area contributed by atoms with Crippen molar-refractivity contribution >= 4 is 17.0 Å². The van der Waals surface area contributed by atoms with E-state index in [4.69, 9.17) is 4.84 Å². The van der Waals surface area contributed by atoms with E-state index in [1.165, 1.54) is 12.1 Å². The summed E-state index contributed by atoms with van der Waals surface area (Å²) in [6, 6.07) is 18.2. The third kappa shape index (κ3) is 3.74. The molecule has 25 heavy (non-hydrogen) atoms. The van der Waals surface area contributed by atoms with Crippen LogP contribution in [0.25, 0.3) is 0 Å². The summed E-state index contributed by atoms with van der Waals surface area (Å²) >= 11 is 0. The van der Waals surface area contributed by atoms with Crippen molar-refractivity contribution in [3.05, 3.63) is 95.4 Å². The Hall–Kier alpha value is -2.60. The highest BCUT2D eigenvalue weighted by Crippen LogP contribution is 2.39. The second kappa shape index (κ2) is 7.53. The van der Waals surface area contributed by atoms with Gasteiger partial charge in [0.15, 0.2) is 5.75 Å². The molecule has 1 aliphatic rings. The van der Waals surface area contributed by atoms with Crippen LogP contribution in [0.5, 0.6) is 5.75 Å². The first-order chi connectivity index (χ1) is 11.8. The Bertz CT molecular complexity index is 896. The molecule has 6 heteroatoms. The van der Waals surface area contributed by atoms with Crippen LogP contribution in [0.3, 0.4) is 0 Å². The molecule has 0 saturated heterocycles. The molecule has 0 amide bonds. The van der Waals surface area contributed by atoms with E-state index in [-0.39, 0.29) is 28.8 Å². The van der Waals surface area contributed by atoms with Crippen LogP contribution in [0.2, 0.25) is 0 Å². The minimum atomic E-state index is -0.272. The van der Waals surface area contributed by atoms with Gasteiger partial charge in [0, 0.05) is 24.4 Å². The number of hydrogen-bond donors (Lipinski definition) is 1. The van der Waals surface area contributed by atoms with E-state index in [1.807, 2.05) is 42.5 Å². The van der Waals surface area contributed by atoms with Gasteiger partial charge < -0.3 is 9.82 Å². The van der Waals surface area contributed by atoms with Gasteiger partial charge in [0.1, 0.15) is 11.9 Å². The molecule has 0 spiro atoms. The summed E-state index contributed by atoms with van der Waals surface area (Å²) in [6.07, 6.45) is 4.28. The maximum absolute atomic E-state index is 13.7. The van der Waals surface area contributed by atoms with Crippen LogP contribution in [-0.4, -0.2) is 10.2 Å². The molecule has 1 aromatic heterocycles. The van der Waals surface area contributed by atoms with Crippen LogP contribution < -0.4 is 10.2 Å². The van der Waals surface area contributed by atoms with Crippen molar-refractivity contribution < 1.29 is 9.23 Å². The van der Waals surface area contributed by atoms with Gasteiger partial charge in [0.05, 0.1) is 5.36 Å². The summed E-state index contributed by atoms with van der Waals surface area (Å²) in [6.45, 7) is 0. The van der Waals surface area contributed by atoms with Crippen LogP contribution >= 0.6 is 17.0 Å². The van der Waals surface area contributed by atoms with Crippen LogP contribution in [0.15, 0.2) is 78.2 Å². The number of halogens is 2. The van der Waals surface area contributed by atoms with E-state index < -0.39 is 0 Å². The highest BCUT2D eigenvalue weighted by molar-refractivity contribution is 8.93. The third-order valence-corrected chi connectivity index (χ3v) is 3.98. The van der Waals surface area contributed by atoms with E-state index in [0.717, 1.165) is 16.5 Å². The molecule has 2 aromatic carbocycles. The minimum Gasteiger partial charge on any atom is -0.367 e. The molecule has 1 N–H and O–H groups in total. The van der Waals surface area contributed by atoms with Gasteiger partial charge in [-0.2, -0.15) is 0 Å². The molecule has 3 aromatic rings.